The summed E-state index contributed by atoms with van der Waals surface area (Å²) in [6, 6.07) is 20.7. The summed E-state index contributed by atoms with van der Waals surface area (Å²) < 4.78 is 40.0. The number of nitrogens with zero attached hydrogens (tertiary/aromatic N) is 2. The number of hydrogen-bond acceptors (Lipinski definition) is 3. The van der Waals surface area contributed by atoms with Gasteiger partial charge >= 0.3 is 0 Å². The molecule has 0 radical (unpaired) electrons. The molecule has 0 aliphatic carbocycles. The zero-order valence-corrected chi connectivity index (χ0v) is 17.1. The third kappa shape index (κ3) is 4.26. The molecule has 1 N–H and O–H groups in total. The Morgan fingerprint density at radius 2 is 1.70 bits per heavy atom. The first kappa shape index (κ1) is 19.8. The van der Waals surface area contributed by atoms with E-state index in [2.05, 4.69) is 9.93 Å². The molecule has 1 heterocycles. The minimum atomic E-state index is -3.74. The highest BCUT2D eigenvalue weighted by atomic mass is 32.2. The van der Waals surface area contributed by atoms with E-state index in [1.165, 1.54) is 18.3 Å². The van der Waals surface area contributed by atoms with Crippen LogP contribution < -0.4 is 4.83 Å². The molecule has 0 fully saturated rings. The van der Waals surface area contributed by atoms with Gasteiger partial charge in [0.1, 0.15) is 5.82 Å². The van der Waals surface area contributed by atoms with Crippen molar-refractivity contribution < 1.29 is 12.8 Å². The number of sulfonamides is 1. The molecule has 5 nitrogen and oxygen atoms in total. The number of nitrogens with one attached hydrogen (secondary N) is 1. The summed E-state index contributed by atoms with van der Waals surface area (Å²) in [6.07, 6.45) is 3.40. The predicted molar refractivity (Wildman–Crippen MR) is 117 cm³/mol. The molecule has 0 aliphatic heterocycles. The number of benzene rings is 3. The number of aromatic nitrogens is 1. The van der Waals surface area contributed by atoms with Gasteiger partial charge < -0.3 is 4.57 Å². The molecule has 4 rings (SSSR count). The fraction of sp³-hybridized carbons (Fsp3) is 0.0870. The second-order valence-electron chi connectivity index (χ2n) is 7.02. The number of hydrogen-bond donors (Lipinski definition) is 1. The minimum Gasteiger partial charge on any atom is -0.342 e. The normalized spacial score (nSPS) is 11.9. The van der Waals surface area contributed by atoms with Gasteiger partial charge in [0.25, 0.3) is 10.0 Å². The van der Waals surface area contributed by atoms with Crippen LogP contribution in [0.15, 0.2) is 89.0 Å². The molecule has 0 aliphatic rings. The minimum absolute atomic E-state index is 0.156. The number of fused-ring (bicyclic) bond motifs is 1. The molecule has 0 saturated carbocycles. The number of para-hydroxylation sites is 1. The van der Waals surface area contributed by atoms with Crippen molar-refractivity contribution in [2.45, 2.75) is 18.4 Å². The first-order valence-electron chi connectivity index (χ1n) is 9.36. The fourth-order valence-electron chi connectivity index (χ4n) is 3.23. The second-order valence-corrected chi connectivity index (χ2v) is 8.68. The van der Waals surface area contributed by atoms with Crippen LogP contribution in [-0.2, 0) is 16.6 Å². The van der Waals surface area contributed by atoms with Crippen LogP contribution >= 0.6 is 0 Å². The van der Waals surface area contributed by atoms with Crippen molar-refractivity contribution in [3.8, 4) is 0 Å². The Morgan fingerprint density at radius 1 is 1.00 bits per heavy atom. The first-order chi connectivity index (χ1) is 14.4. The monoisotopic (exact) mass is 421 g/mol. The van der Waals surface area contributed by atoms with Crippen molar-refractivity contribution in [1.29, 1.82) is 0 Å². The van der Waals surface area contributed by atoms with Crippen molar-refractivity contribution in [2.75, 3.05) is 0 Å². The smallest absolute Gasteiger partial charge is 0.276 e. The fourth-order valence-corrected chi connectivity index (χ4v) is 4.02. The Hall–Kier alpha value is -3.45. The Balaban J connectivity index is 1.59. The van der Waals surface area contributed by atoms with Gasteiger partial charge in [-0.25, -0.2) is 9.22 Å². The molecular weight excluding hydrogens is 401 g/mol. The second kappa shape index (κ2) is 8.12. The lowest BCUT2D eigenvalue weighted by Gasteiger charge is -2.05. The van der Waals surface area contributed by atoms with Gasteiger partial charge in [0.05, 0.1) is 11.1 Å². The highest BCUT2D eigenvalue weighted by Crippen LogP contribution is 2.21. The van der Waals surface area contributed by atoms with Gasteiger partial charge in [-0.1, -0.05) is 48.0 Å². The lowest BCUT2D eigenvalue weighted by atomic mass is 10.2. The van der Waals surface area contributed by atoms with E-state index in [1.807, 2.05) is 42.0 Å². The van der Waals surface area contributed by atoms with Crippen LogP contribution in [0.25, 0.3) is 10.9 Å². The Morgan fingerprint density at radius 3 is 2.43 bits per heavy atom. The van der Waals surface area contributed by atoms with E-state index in [9.17, 15) is 12.8 Å². The molecule has 7 heteroatoms. The van der Waals surface area contributed by atoms with Crippen LogP contribution in [0.3, 0.4) is 0 Å². The van der Waals surface area contributed by atoms with Gasteiger partial charge in [-0.15, -0.1) is 0 Å². The maximum atomic E-state index is 13.2. The highest BCUT2D eigenvalue weighted by molar-refractivity contribution is 7.89. The summed E-state index contributed by atoms with van der Waals surface area (Å²) in [6.45, 7) is 2.45. The third-order valence-corrected chi connectivity index (χ3v) is 6.03. The van der Waals surface area contributed by atoms with E-state index in [-0.39, 0.29) is 10.7 Å². The average molecular weight is 421 g/mol. The van der Waals surface area contributed by atoms with Crippen LogP contribution in [0.5, 0.6) is 0 Å². The predicted octanol–water partition coefficient (Wildman–Crippen LogP) is 4.45. The Bertz CT molecular complexity index is 1310. The number of aryl methyl sites for hydroxylation is 1. The number of halogens is 1. The lowest BCUT2D eigenvalue weighted by molar-refractivity contribution is 0.584. The van der Waals surface area contributed by atoms with E-state index >= 15 is 0 Å². The highest BCUT2D eigenvalue weighted by Gasteiger charge is 2.12. The van der Waals surface area contributed by atoms with E-state index in [0.717, 1.165) is 27.6 Å². The van der Waals surface area contributed by atoms with Gasteiger partial charge in [0.2, 0.25) is 0 Å². The summed E-state index contributed by atoms with van der Waals surface area (Å²) in [5.74, 6) is -0.273. The van der Waals surface area contributed by atoms with E-state index < -0.39 is 10.0 Å². The van der Waals surface area contributed by atoms with E-state index in [4.69, 9.17) is 0 Å². The molecule has 0 bridgehead atoms. The van der Waals surface area contributed by atoms with Crippen LogP contribution in [0.1, 0.15) is 16.7 Å². The summed E-state index contributed by atoms with van der Waals surface area (Å²) in [7, 11) is -3.74. The Kier molecular flexibility index (Phi) is 5.37. The maximum Gasteiger partial charge on any atom is 0.276 e. The maximum absolute atomic E-state index is 13.2. The largest absolute Gasteiger partial charge is 0.342 e. The Labute approximate surface area is 174 Å². The molecule has 152 valence electrons. The van der Waals surface area contributed by atoms with Crippen molar-refractivity contribution >= 4 is 27.1 Å². The molecule has 0 atom stereocenters. The molecular formula is C23H20FN3O2S. The molecule has 0 amide bonds. The summed E-state index contributed by atoms with van der Waals surface area (Å²) >= 11 is 0. The number of hydrazone groups is 1. The van der Waals surface area contributed by atoms with Crippen LogP contribution in [0.2, 0.25) is 0 Å². The molecule has 0 spiro atoms. The van der Waals surface area contributed by atoms with E-state index in [0.29, 0.717) is 6.54 Å². The van der Waals surface area contributed by atoms with Crippen molar-refractivity contribution in [2.24, 2.45) is 5.10 Å². The van der Waals surface area contributed by atoms with Crippen molar-refractivity contribution in [3.63, 3.8) is 0 Å². The van der Waals surface area contributed by atoms with Gasteiger partial charge in [0.15, 0.2) is 0 Å². The summed E-state index contributed by atoms with van der Waals surface area (Å²) in [4.78, 5) is 2.42. The number of rotatable bonds is 6. The van der Waals surface area contributed by atoms with Gasteiger partial charge in [0, 0.05) is 29.2 Å². The molecule has 3 aromatic carbocycles. The van der Waals surface area contributed by atoms with Gasteiger partial charge in [-0.2, -0.15) is 13.5 Å². The molecule has 0 saturated heterocycles. The van der Waals surface area contributed by atoms with Crippen LogP contribution in [-0.4, -0.2) is 19.2 Å². The summed E-state index contributed by atoms with van der Waals surface area (Å²) in [5, 5.41) is 4.91. The zero-order valence-electron chi connectivity index (χ0n) is 16.3. The molecule has 0 unspecified atom stereocenters. The van der Waals surface area contributed by atoms with Gasteiger partial charge in [-0.05, 0) is 42.8 Å². The third-order valence-electron chi connectivity index (χ3n) is 4.79. The quantitative estimate of drug-likeness (QED) is 0.369. The molecule has 1 aromatic heterocycles. The summed E-state index contributed by atoms with van der Waals surface area (Å²) in [5.41, 5.74) is 3.69. The topological polar surface area (TPSA) is 63.5 Å². The van der Waals surface area contributed by atoms with Crippen LogP contribution in [0.4, 0.5) is 4.39 Å². The van der Waals surface area contributed by atoms with E-state index in [1.54, 1.807) is 36.4 Å². The molecule has 4 aromatic rings. The lowest BCUT2D eigenvalue weighted by Crippen LogP contribution is -2.18. The zero-order chi connectivity index (χ0) is 21.1. The van der Waals surface area contributed by atoms with Gasteiger partial charge in [-0.3, -0.25) is 0 Å². The first-order valence-corrected chi connectivity index (χ1v) is 10.8. The van der Waals surface area contributed by atoms with Crippen LogP contribution in [0, 0.1) is 12.7 Å². The van der Waals surface area contributed by atoms with Crippen molar-refractivity contribution in [1.82, 2.24) is 9.40 Å². The molecule has 30 heavy (non-hydrogen) atoms. The SMILES string of the molecule is Cc1ccc(S(=O)(=O)NN=Cc2cn(Cc3ccc(F)cc3)c3ccccc23)cc1. The van der Waals surface area contributed by atoms with Crippen molar-refractivity contribution in [3.05, 3.63) is 102 Å². The standard InChI is InChI=1S/C23H20FN3O2S/c1-17-6-12-21(13-7-17)30(28,29)26-25-14-19-16-27(23-5-3-2-4-22(19)23)15-18-8-10-20(24)11-9-18/h2-14,16,26H,15H2,1H3. The average Bonchev–Trinajstić information content (AvgIpc) is 3.08.